The SMILES string of the molecule is O=C(O)[C@@H]1CN(c2ncc(C(F)(F)F)s2)C[C@H]1C1CC1. The maximum atomic E-state index is 12.6. The van der Waals surface area contributed by atoms with E-state index >= 15 is 0 Å². The minimum Gasteiger partial charge on any atom is -0.481 e. The Balaban J connectivity index is 1.78. The highest BCUT2D eigenvalue weighted by molar-refractivity contribution is 7.15. The first-order valence-corrected chi connectivity index (χ1v) is 7.18. The first-order chi connectivity index (χ1) is 9.36. The average Bonchev–Trinajstić information content (AvgIpc) is 2.92. The molecular weight excluding hydrogens is 293 g/mol. The Bertz CT molecular complexity index is 527. The van der Waals surface area contributed by atoms with E-state index in [1.807, 2.05) is 0 Å². The molecule has 1 saturated carbocycles. The molecule has 20 heavy (non-hydrogen) atoms. The van der Waals surface area contributed by atoms with E-state index in [2.05, 4.69) is 4.98 Å². The molecule has 110 valence electrons. The molecule has 1 aliphatic carbocycles. The van der Waals surface area contributed by atoms with Crippen LogP contribution in [0.3, 0.4) is 0 Å². The van der Waals surface area contributed by atoms with Gasteiger partial charge < -0.3 is 10.0 Å². The van der Waals surface area contributed by atoms with Crippen LogP contribution in [0.15, 0.2) is 6.20 Å². The molecule has 2 aliphatic rings. The highest BCUT2D eigenvalue weighted by Gasteiger charge is 2.46. The largest absolute Gasteiger partial charge is 0.481 e. The first-order valence-electron chi connectivity index (χ1n) is 6.37. The van der Waals surface area contributed by atoms with Crippen LogP contribution in [0, 0.1) is 17.8 Å². The summed E-state index contributed by atoms with van der Waals surface area (Å²) in [6.45, 7) is 0.744. The Hall–Kier alpha value is -1.31. The van der Waals surface area contributed by atoms with Gasteiger partial charge in [-0.05, 0) is 24.7 Å². The van der Waals surface area contributed by atoms with Gasteiger partial charge in [-0.15, -0.1) is 0 Å². The van der Waals surface area contributed by atoms with E-state index in [1.54, 1.807) is 4.90 Å². The van der Waals surface area contributed by atoms with Crippen molar-refractivity contribution in [1.82, 2.24) is 4.98 Å². The van der Waals surface area contributed by atoms with Crippen molar-refractivity contribution in [2.75, 3.05) is 18.0 Å². The summed E-state index contributed by atoms with van der Waals surface area (Å²) in [5.74, 6) is -0.924. The van der Waals surface area contributed by atoms with Crippen LogP contribution < -0.4 is 4.90 Å². The van der Waals surface area contributed by atoms with Crippen molar-refractivity contribution in [3.63, 3.8) is 0 Å². The number of aromatic nitrogens is 1. The summed E-state index contributed by atoms with van der Waals surface area (Å²) >= 11 is 0.582. The fraction of sp³-hybridized carbons (Fsp3) is 0.667. The van der Waals surface area contributed by atoms with Gasteiger partial charge in [0.05, 0.1) is 12.1 Å². The second kappa shape index (κ2) is 4.61. The molecule has 2 fully saturated rings. The quantitative estimate of drug-likeness (QED) is 0.933. The summed E-state index contributed by atoms with van der Waals surface area (Å²) in [6.07, 6.45) is -1.53. The molecule has 1 saturated heterocycles. The molecule has 1 aliphatic heterocycles. The molecule has 0 amide bonds. The zero-order valence-electron chi connectivity index (χ0n) is 10.4. The van der Waals surface area contributed by atoms with Gasteiger partial charge in [-0.3, -0.25) is 4.79 Å². The molecule has 0 radical (unpaired) electrons. The standard InChI is InChI=1S/C12H13F3N2O2S/c13-12(14,15)9-3-16-11(20-9)17-4-7(6-1-2-6)8(5-17)10(18)19/h3,6-8H,1-2,4-5H2,(H,18,19)/t7-,8+/m0/s1. The van der Waals surface area contributed by atoms with Gasteiger partial charge in [-0.1, -0.05) is 11.3 Å². The molecule has 1 aromatic heterocycles. The lowest BCUT2D eigenvalue weighted by Crippen LogP contribution is -2.23. The molecule has 0 unspecified atom stereocenters. The third-order valence-corrected chi connectivity index (χ3v) is 5.06. The van der Waals surface area contributed by atoms with E-state index in [0.717, 1.165) is 19.0 Å². The fourth-order valence-electron chi connectivity index (χ4n) is 2.79. The number of carbonyl (C=O) groups is 1. The number of aliphatic carboxylic acids is 1. The molecule has 1 N–H and O–H groups in total. The first kappa shape index (κ1) is 13.7. The number of halogens is 3. The molecule has 0 spiro atoms. The molecule has 1 aromatic rings. The number of thiazole rings is 1. The lowest BCUT2D eigenvalue weighted by molar-refractivity contribution is -0.142. The highest BCUT2D eigenvalue weighted by Crippen LogP contribution is 2.46. The lowest BCUT2D eigenvalue weighted by Gasteiger charge is -2.14. The summed E-state index contributed by atoms with van der Waals surface area (Å²) in [5.41, 5.74) is 0. The van der Waals surface area contributed by atoms with Gasteiger partial charge in [0.2, 0.25) is 0 Å². The van der Waals surface area contributed by atoms with Gasteiger partial charge in [0.15, 0.2) is 5.13 Å². The Morgan fingerprint density at radius 3 is 2.60 bits per heavy atom. The van der Waals surface area contributed by atoms with Crippen molar-refractivity contribution in [2.45, 2.75) is 19.0 Å². The number of carboxylic acids is 1. The number of alkyl halides is 3. The van der Waals surface area contributed by atoms with Crippen LogP contribution in [0.4, 0.5) is 18.3 Å². The normalized spacial score (nSPS) is 27.1. The monoisotopic (exact) mass is 306 g/mol. The predicted octanol–water partition coefficient (Wildman–Crippen LogP) is 2.71. The third-order valence-electron chi connectivity index (χ3n) is 3.95. The number of anilines is 1. The maximum Gasteiger partial charge on any atom is 0.427 e. The second-order valence-electron chi connectivity index (χ2n) is 5.36. The van der Waals surface area contributed by atoms with Crippen molar-refractivity contribution < 1.29 is 23.1 Å². The molecule has 2 atom stereocenters. The van der Waals surface area contributed by atoms with Crippen molar-refractivity contribution >= 4 is 22.4 Å². The smallest absolute Gasteiger partial charge is 0.427 e. The summed E-state index contributed by atoms with van der Waals surface area (Å²) in [5, 5.41) is 9.51. The third kappa shape index (κ3) is 2.48. The Kier molecular flexibility index (Phi) is 3.15. The van der Waals surface area contributed by atoms with Crippen LogP contribution in [-0.2, 0) is 11.0 Å². The summed E-state index contributed by atoms with van der Waals surface area (Å²) in [7, 11) is 0. The predicted molar refractivity (Wildman–Crippen MR) is 66.7 cm³/mol. The van der Waals surface area contributed by atoms with Gasteiger partial charge >= 0.3 is 12.1 Å². The number of hydrogen-bond donors (Lipinski definition) is 1. The van der Waals surface area contributed by atoms with Gasteiger partial charge in [0.25, 0.3) is 0 Å². The molecule has 4 nitrogen and oxygen atoms in total. The van der Waals surface area contributed by atoms with Crippen LogP contribution >= 0.6 is 11.3 Å². The van der Waals surface area contributed by atoms with E-state index in [1.165, 1.54) is 0 Å². The topological polar surface area (TPSA) is 53.4 Å². The molecule has 8 heteroatoms. The van der Waals surface area contributed by atoms with E-state index < -0.39 is 22.9 Å². The number of carboxylic acid groups (broad SMARTS) is 1. The van der Waals surface area contributed by atoms with Gasteiger partial charge in [0.1, 0.15) is 4.88 Å². The second-order valence-corrected chi connectivity index (χ2v) is 6.36. The van der Waals surface area contributed by atoms with Crippen LogP contribution in [-0.4, -0.2) is 29.1 Å². The van der Waals surface area contributed by atoms with E-state index in [-0.39, 0.29) is 17.6 Å². The van der Waals surface area contributed by atoms with Crippen LogP contribution in [0.5, 0.6) is 0 Å². The zero-order chi connectivity index (χ0) is 14.5. The van der Waals surface area contributed by atoms with Crippen LogP contribution in [0.2, 0.25) is 0 Å². The number of nitrogens with zero attached hydrogens (tertiary/aromatic N) is 2. The number of hydrogen-bond acceptors (Lipinski definition) is 4. The molecule has 0 aromatic carbocycles. The van der Waals surface area contributed by atoms with Crippen LogP contribution in [0.25, 0.3) is 0 Å². The molecule has 2 heterocycles. The van der Waals surface area contributed by atoms with Gasteiger partial charge in [-0.2, -0.15) is 13.2 Å². The fourth-order valence-corrected chi connectivity index (χ4v) is 3.59. The van der Waals surface area contributed by atoms with E-state index in [0.29, 0.717) is 23.8 Å². The van der Waals surface area contributed by atoms with Crippen molar-refractivity contribution in [2.24, 2.45) is 17.8 Å². The molecule has 3 rings (SSSR count). The highest BCUT2D eigenvalue weighted by atomic mass is 32.1. The van der Waals surface area contributed by atoms with Crippen molar-refractivity contribution in [1.29, 1.82) is 0 Å². The maximum absolute atomic E-state index is 12.6. The average molecular weight is 306 g/mol. The minimum atomic E-state index is -4.39. The van der Waals surface area contributed by atoms with Crippen molar-refractivity contribution in [3.8, 4) is 0 Å². The van der Waals surface area contributed by atoms with Gasteiger partial charge in [0, 0.05) is 13.1 Å². The summed E-state index contributed by atoms with van der Waals surface area (Å²) < 4.78 is 37.7. The van der Waals surface area contributed by atoms with Gasteiger partial charge in [-0.25, -0.2) is 4.98 Å². The van der Waals surface area contributed by atoms with Crippen LogP contribution in [0.1, 0.15) is 17.7 Å². The molecule has 0 bridgehead atoms. The number of rotatable bonds is 3. The van der Waals surface area contributed by atoms with E-state index in [9.17, 15) is 23.1 Å². The Labute approximate surface area is 117 Å². The minimum absolute atomic E-state index is 0.0331. The van der Waals surface area contributed by atoms with E-state index in [4.69, 9.17) is 0 Å². The Morgan fingerprint density at radius 2 is 2.10 bits per heavy atom. The zero-order valence-corrected chi connectivity index (χ0v) is 11.2. The molecular formula is C12H13F3N2O2S. The Morgan fingerprint density at radius 1 is 1.40 bits per heavy atom. The summed E-state index contributed by atoms with van der Waals surface area (Å²) in [4.78, 5) is 16.0. The summed E-state index contributed by atoms with van der Waals surface area (Å²) in [6, 6.07) is 0. The lowest BCUT2D eigenvalue weighted by atomic mass is 9.92. The van der Waals surface area contributed by atoms with Crippen molar-refractivity contribution in [3.05, 3.63) is 11.1 Å².